The number of aliphatic hydroxyl groups is 1. The molecule has 11 nitrogen and oxygen atoms in total. The van der Waals surface area contributed by atoms with Crippen molar-refractivity contribution >= 4 is 23.4 Å². The van der Waals surface area contributed by atoms with Crippen LogP contribution in [0.15, 0.2) is 29.1 Å². The number of nitrogens with one attached hydrogen (secondary N) is 3. The van der Waals surface area contributed by atoms with Gasteiger partial charge in [0.2, 0.25) is 11.8 Å². The third kappa shape index (κ3) is 9.06. The molecule has 3 aliphatic rings. The molecule has 5 rings (SSSR count). The Balaban J connectivity index is 1.10. The lowest BCUT2D eigenvalue weighted by Gasteiger charge is -2.46. The summed E-state index contributed by atoms with van der Waals surface area (Å²) in [7, 11) is 0. The van der Waals surface area contributed by atoms with Crippen LogP contribution in [0.3, 0.4) is 0 Å². The molecule has 2 amide bonds. The third-order valence-electron chi connectivity index (χ3n) is 10.2. The second kappa shape index (κ2) is 16.1. The predicted octanol–water partition coefficient (Wildman–Crippen LogP) is 3.72. The molecule has 260 valence electrons. The summed E-state index contributed by atoms with van der Waals surface area (Å²) in [5.41, 5.74) is 2.02. The lowest BCUT2D eigenvalue weighted by Crippen LogP contribution is -2.61. The number of nitrogens with zero attached hydrogens (tertiary/aromatic N) is 3. The number of amides is 2. The van der Waals surface area contributed by atoms with Gasteiger partial charge in [0.25, 0.3) is 0 Å². The van der Waals surface area contributed by atoms with Gasteiger partial charge >= 0.3 is 0 Å². The normalized spacial score (nSPS) is 24.6. The molecular weight excluding hydrogens is 620 g/mol. The van der Waals surface area contributed by atoms with Crippen molar-refractivity contribution < 1.29 is 23.8 Å². The molecule has 3 aliphatic heterocycles. The van der Waals surface area contributed by atoms with Crippen LogP contribution in [0.2, 0.25) is 5.02 Å². The highest BCUT2D eigenvalue weighted by Crippen LogP contribution is 2.38. The van der Waals surface area contributed by atoms with Gasteiger partial charge in [-0.3, -0.25) is 19.8 Å². The number of piperidine rings is 2. The highest BCUT2D eigenvalue weighted by atomic mass is 35.5. The SMILES string of the molecule is CCCC1(C)CNC(NC2CCN(C(=O)C(C)C)CC2)CC1C(=O)NC[C@H](O)CN1CCc2c(ccc(OCc3cnco3)c2Cl)C1. The van der Waals surface area contributed by atoms with Gasteiger partial charge in [-0.15, -0.1) is 0 Å². The predicted molar refractivity (Wildman–Crippen MR) is 181 cm³/mol. The Kier molecular flexibility index (Phi) is 12.2. The van der Waals surface area contributed by atoms with Gasteiger partial charge in [0.15, 0.2) is 12.2 Å². The van der Waals surface area contributed by atoms with Crippen LogP contribution < -0.4 is 20.7 Å². The number of benzene rings is 1. The number of likely N-dealkylation sites (tertiary alicyclic amines) is 1. The average Bonchev–Trinajstić information content (AvgIpc) is 3.58. The Bertz CT molecular complexity index is 1330. The van der Waals surface area contributed by atoms with Crippen molar-refractivity contribution in [1.82, 2.24) is 30.7 Å². The number of oxazole rings is 1. The quantitative estimate of drug-likeness (QED) is 0.251. The average molecular weight is 673 g/mol. The maximum absolute atomic E-state index is 13.7. The number of halogens is 1. The fourth-order valence-corrected chi connectivity index (χ4v) is 7.80. The smallest absolute Gasteiger partial charge is 0.225 e. The summed E-state index contributed by atoms with van der Waals surface area (Å²) in [4.78, 5) is 34.2. The van der Waals surface area contributed by atoms with Crippen LogP contribution in [-0.4, -0.2) is 89.3 Å². The molecule has 0 bridgehead atoms. The molecule has 0 aliphatic carbocycles. The first-order chi connectivity index (χ1) is 22.6. The summed E-state index contributed by atoms with van der Waals surface area (Å²) in [5.74, 6) is 1.34. The largest absolute Gasteiger partial charge is 0.484 e. The van der Waals surface area contributed by atoms with Crippen LogP contribution in [0.4, 0.5) is 0 Å². The summed E-state index contributed by atoms with van der Waals surface area (Å²) in [5, 5.41) is 22.1. The van der Waals surface area contributed by atoms with E-state index in [1.165, 1.54) is 6.39 Å². The highest BCUT2D eigenvalue weighted by Gasteiger charge is 2.44. The highest BCUT2D eigenvalue weighted by molar-refractivity contribution is 6.33. The van der Waals surface area contributed by atoms with Crippen molar-refractivity contribution in [3.8, 4) is 5.75 Å². The van der Waals surface area contributed by atoms with E-state index >= 15 is 0 Å². The van der Waals surface area contributed by atoms with Crippen molar-refractivity contribution in [3.63, 3.8) is 0 Å². The number of aromatic nitrogens is 1. The first-order valence-electron chi connectivity index (χ1n) is 17.3. The molecular formula is C35H53ClN6O5. The second-order valence-electron chi connectivity index (χ2n) is 14.2. The Morgan fingerprint density at radius 3 is 2.74 bits per heavy atom. The summed E-state index contributed by atoms with van der Waals surface area (Å²) >= 11 is 6.71. The van der Waals surface area contributed by atoms with E-state index in [4.69, 9.17) is 20.8 Å². The van der Waals surface area contributed by atoms with E-state index in [2.05, 4.69) is 39.7 Å². The molecule has 1 aromatic heterocycles. The molecule has 0 saturated carbocycles. The van der Waals surface area contributed by atoms with Crippen molar-refractivity contribution in [3.05, 3.63) is 46.6 Å². The first kappa shape index (κ1) is 35.6. The van der Waals surface area contributed by atoms with E-state index in [1.54, 1.807) is 6.20 Å². The van der Waals surface area contributed by atoms with Gasteiger partial charge in [-0.25, -0.2) is 4.98 Å². The lowest BCUT2D eigenvalue weighted by atomic mass is 9.69. The van der Waals surface area contributed by atoms with E-state index in [1.807, 2.05) is 30.9 Å². The third-order valence-corrected chi connectivity index (χ3v) is 10.6. The van der Waals surface area contributed by atoms with Crippen LogP contribution in [0.25, 0.3) is 0 Å². The Morgan fingerprint density at radius 1 is 1.26 bits per heavy atom. The van der Waals surface area contributed by atoms with Gasteiger partial charge in [0.05, 0.1) is 23.5 Å². The van der Waals surface area contributed by atoms with E-state index < -0.39 is 6.10 Å². The van der Waals surface area contributed by atoms with Gasteiger partial charge < -0.3 is 29.8 Å². The Hall–Kier alpha value is -2.70. The van der Waals surface area contributed by atoms with E-state index in [0.29, 0.717) is 42.1 Å². The minimum absolute atomic E-state index is 0.0132. The van der Waals surface area contributed by atoms with E-state index in [0.717, 1.165) is 69.4 Å². The van der Waals surface area contributed by atoms with E-state index in [-0.39, 0.29) is 48.4 Å². The van der Waals surface area contributed by atoms with Gasteiger partial charge in [-0.1, -0.05) is 51.8 Å². The van der Waals surface area contributed by atoms with Crippen LogP contribution in [-0.2, 0) is 29.2 Å². The molecule has 2 aromatic rings. The Morgan fingerprint density at radius 2 is 2.04 bits per heavy atom. The summed E-state index contributed by atoms with van der Waals surface area (Å²) in [6.07, 6.45) is 7.56. The van der Waals surface area contributed by atoms with Crippen LogP contribution in [0.1, 0.15) is 76.7 Å². The minimum Gasteiger partial charge on any atom is -0.484 e. The first-order valence-corrected chi connectivity index (χ1v) is 17.7. The number of β-amino-alcohol motifs (C(OH)–C–C–N with tert-alkyl or cyclic N) is 1. The number of hydrogen-bond donors (Lipinski definition) is 4. The molecule has 3 unspecified atom stereocenters. The summed E-state index contributed by atoms with van der Waals surface area (Å²) in [6.45, 7) is 12.9. The molecule has 0 radical (unpaired) electrons. The summed E-state index contributed by atoms with van der Waals surface area (Å²) < 4.78 is 11.1. The molecule has 2 fully saturated rings. The molecule has 4 heterocycles. The zero-order valence-corrected chi connectivity index (χ0v) is 29.2. The zero-order valence-electron chi connectivity index (χ0n) is 28.4. The maximum atomic E-state index is 13.7. The lowest BCUT2D eigenvalue weighted by molar-refractivity contribution is -0.136. The number of hydrogen-bond acceptors (Lipinski definition) is 9. The fraction of sp³-hybridized carbons (Fsp3) is 0.686. The van der Waals surface area contributed by atoms with Crippen molar-refractivity contribution in [1.29, 1.82) is 0 Å². The van der Waals surface area contributed by atoms with Crippen molar-refractivity contribution in [2.24, 2.45) is 17.3 Å². The molecule has 4 atom stereocenters. The number of carbonyl (C=O) groups excluding carboxylic acids is 2. The van der Waals surface area contributed by atoms with Gasteiger partial charge in [0, 0.05) is 63.7 Å². The number of aliphatic hydroxyl groups excluding tert-OH is 1. The standard InChI is InChI=1S/C35H53ClN6O5/c1-5-11-35(4)21-39-31(40-25-8-13-42(14-9-25)34(45)23(2)3)15-29(35)33(44)38-16-26(43)19-41-12-10-28-24(18-41)6-7-30(32(28)36)46-20-27-17-37-22-47-27/h6-7,17,22-23,25-26,29,31,39-40,43H,5,8-16,18-21H2,1-4H3,(H,38,44)/t26-,29?,31?,35?/m0/s1. The molecule has 47 heavy (non-hydrogen) atoms. The maximum Gasteiger partial charge on any atom is 0.225 e. The van der Waals surface area contributed by atoms with Gasteiger partial charge in [-0.05, 0) is 54.7 Å². The molecule has 0 spiro atoms. The Labute approximate surface area is 284 Å². The number of fused-ring (bicyclic) bond motifs is 1. The number of rotatable bonds is 13. The summed E-state index contributed by atoms with van der Waals surface area (Å²) in [6, 6.07) is 4.22. The topological polar surface area (TPSA) is 132 Å². The molecule has 4 N–H and O–H groups in total. The molecule has 1 aromatic carbocycles. The van der Waals surface area contributed by atoms with Crippen LogP contribution in [0.5, 0.6) is 5.75 Å². The van der Waals surface area contributed by atoms with Gasteiger partial charge in [-0.2, -0.15) is 0 Å². The molecule has 12 heteroatoms. The van der Waals surface area contributed by atoms with Crippen molar-refractivity contribution in [2.75, 3.05) is 39.3 Å². The number of carbonyl (C=O) groups is 2. The monoisotopic (exact) mass is 672 g/mol. The zero-order chi connectivity index (χ0) is 33.6. The van der Waals surface area contributed by atoms with Gasteiger partial charge in [0.1, 0.15) is 12.4 Å². The van der Waals surface area contributed by atoms with E-state index in [9.17, 15) is 14.7 Å². The molecule has 2 saturated heterocycles. The van der Waals surface area contributed by atoms with Crippen LogP contribution >= 0.6 is 11.6 Å². The fourth-order valence-electron chi connectivity index (χ4n) is 7.47. The van der Waals surface area contributed by atoms with Crippen molar-refractivity contribution in [2.45, 2.75) is 97.7 Å². The van der Waals surface area contributed by atoms with Crippen LogP contribution in [0, 0.1) is 17.3 Å². The number of ether oxygens (including phenoxy) is 1. The second-order valence-corrected chi connectivity index (χ2v) is 14.6. The minimum atomic E-state index is -0.688.